The van der Waals surface area contributed by atoms with Crippen LogP contribution in [0.4, 0.5) is 5.69 Å². The van der Waals surface area contributed by atoms with Crippen LogP contribution in [-0.4, -0.2) is 7.11 Å². The number of rotatable bonds is 4. The number of alkyl halides is 1. The molecule has 0 aromatic heterocycles. The van der Waals surface area contributed by atoms with Crippen LogP contribution in [0.25, 0.3) is 0 Å². The van der Waals surface area contributed by atoms with Crippen LogP contribution in [-0.2, 0) is 0 Å². The molecule has 2 aromatic carbocycles. The van der Waals surface area contributed by atoms with Gasteiger partial charge in [0.1, 0.15) is 10.7 Å². The molecular formula is C15H13BrN2O. The zero-order chi connectivity index (χ0) is 13.7. The van der Waals surface area contributed by atoms with Gasteiger partial charge >= 0.3 is 0 Å². The van der Waals surface area contributed by atoms with Crippen molar-refractivity contribution >= 4 is 21.6 Å². The number of nitrogens with zero attached hydrogens (tertiary/aromatic N) is 2. The standard InChI is InChI=1S/C15H13BrN2O/c1-19-14-9-5-8-13(10-14)18(11-17)15(16)12-6-3-2-4-7-12/h2-10,15H,1H3. The summed E-state index contributed by atoms with van der Waals surface area (Å²) in [5.74, 6) is 0.727. The van der Waals surface area contributed by atoms with Gasteiger partial charge < -0.3 is 4.74 Å². The van der Waals surface area contributed by atoms with E-state index in [9.17, 15) is 5.26 Å². The van der Waals surface area contributed by atoms with Crippen LogP contribution >= 0.6 is 15.9 Å². The van der Waals surface area contributed by atoms with Gasteiger partial charge in [-0.1, -0.05) is 52.3 Å². The molecule has 0 saturated heterocycles. The summed E-state index contributed by atoms with van der Waals surface area (Å²) in [7, 11) is 1.61. The lowest BCUT2D eigenvalue weighted by Crippen LogP contribution is -2.18. The van der Waals surface area contributed by atoms with Crippen molar-refractivity contribution in [2.24, 2.45) is 0 Å². The lowest BCUT2D eigenvalue weighted by Gasteiger charge is -2.22. The highest BCUT2D eigenvalue weighted by Crippen LogP contribution is 2.32. The van der Waals surface area contributed by atoms with Crippen LogP contribution in [0.2, 0.25) is 0 Å². The maximum atomic E-state index is 9.38. The van der Waals surface area contributed by atoms with Crippen LogP contribution < -0.4 is 9.64 Å². The van der Waals surface area contributed by atoms with E-state index in [-0.39, 0.29) is 4.95 Å². The summed E-state index contributed by atoms with van der Waals surface area (Å²) in [5, 5.41) is 9.38. The summed E-state index contributed by atoms with van der Waals surface area (Å²) >= 11 is 3.56. The fourth-order valence-corrected chi connectivity index (χ4v) is 2.39. The predicted octanol–water partition coefficient (Wildman–Crippen LogP) is 4.08. The van der Waals surface area contributed by atoms with Gasteiger partial charge in [0.15, 0.2) is 6.19 Å². The van der Waals surface area contributed by atoms with E-state index in [4.69, 9.17) is 4.74 Å². The van der Waals surface area contributed by atoms with E-state index in [1.165, 1.54) is 0 Å². The zero-order valence-electron chi connectivity index (χ0n) is 10.5. The van der Waals surface area contributed by atoms with Gasteiger partial charge in [0.2, 0.25) is 0 Å². The number of ether oxygens (including phenoxy) is 1. The lowest BCUT2D eigenvalue weighted by atomic mass is 10.2. The Hall–Kier alpha value is -1.99. The van der Waals surface area contributed by atoms with Gasteiger partial charge in [-0.25, -0.2) is 0 Å². The molecule has 0 bridgehead atoms. The van der Waals surface area contributed by atoms with Crippen molar-refractivity contribution in [1.82, 2.24) is 0 Å². The third-order valence-corrected chi connectivity index (χ3v) is 3.68. The van der Waals surface area contributed by atoms with Gasteiger partial charge in [0.05, 0.1) is 12.8 Å². The summed E-state index contributed by atoms with van der Waals surface area (Å²) in [6, 6.07) is 17.2. The molecule has 0 aliphatic heterocycles. The molecule has 0 N–H and O–H groups in total. The minimum absolute atomic E-state index is 0.203. The molecule has 0 spiro atoms. The monoisotopic (exact) mass is 316 g/mol. The van der Waals surface area contributed by atoms with Crippen molar-refractivity contribution in [3.63, 3.8) is 0 Å². The first-order valence-electron chi connectivity index (χ1n) is 5.78. The van der Waals surface area contributed by atoms with E-state index in [0.717, 1.165) is 17.0 Å². The molecule has 1 atom stereocenters. The molecule has 0 fully saturated rings. The Balaban J connectivity index is 2.32. The number of benzene rings is 2. The smallest absolute Gasteiger partial charge is 0.185 e. The highest BCUT2D eigenvalue weighted by molar-refractivity contribution is 9.09. The molecule has 0 heterocycles. The summed E-state index contributed by atoms with van der Waals surface area (Å²) in [6.45, 7) is 0. The Morgan fingerprint density at radius 2 is 1.89 bits per heavy atom. The van der Waals surface area contributed by atoms with Crippen LogP contribution in [0, 0.1) is 11.5 Å². The fourth-order valence-electron chi connectivity index (χ4n) is 1.76. The summed E-state index contributed by atoms with van der Waals surface area (Å²) in [5.41, 5.74) is 1.81. The SMILES string of the molecule is COc1cccc(N(C#N)C(Br)c2ccccc2)c1. The molecule has 0 amide bonds. The van der Waals surface area contributed by atoms with Crippen molar-refractivity contribution in [2.75, 3.05) is 12.0 Å². The molecule has 0 radical (unpaired) electrons. The number of anilines is 1. The molecule has 3 nitrogen and oxygen atoms in total. The van der Waals surface area contributed by atoms with E-state index in [0.29, 0.717) is 0 Å². The molecule has 19 heavy (non-hydrogen) atoms. The Kier molecular flexibility index (Phi) is 4.43. The third-order valence-electron chi connectivity index (χ3n) is 2.74. The molecule has 0 aliphatic carbocycles. The van der Waals surface area contributed by atoms with E-state index >= 15 is 0 Å². The molecule has 96 valence electrons. The van der Waals surface area contributed by atoms with Crippen molar-refractivity contribution < 1.29 is 4.74 Å². The van der Waals surface area contributed by atoms with Crippen molar-refractivity contribution in [2.45, 2.75) is 4.95 Å². The van der Waals surface area contributed by atoms with E-state index in [2.05, 4.69) is 22.1 Å². The summed E-state index contributed by atoms with van der Waals surface area (Å²) in [6.07, 6.45) is 2.20. The molecule has 2 rings (SSSR count). The van der Waals surface area contributed by atoms with Gasteiger partial charge in [-0.3, -0.25) is 4.90 Å². The second-order valence-electron chi connectivity index (χ2n) is 3.92. The lowest BCUT2D eigenvalue weighted by molar-refractivity contribution is 0.415. The van der Waals surface area contributed by atoms with Crippen LogP contribution in [0.3, 0.4) is 0 Å². The van der Waals surface area contributed by atoms with Crippen molar-refractivity contribution in [3.8, 4) is 11.9 Å². The average molecular weight is 317 g/mol. The normalized spacial score (nSPS) is 11.4. The number of hydrogen-bond donors (Lipinski definition) is 0. The molecule has 0 saturated carbocycles. The first-order valence-corrected chi connectivity index (χ1v) is 6.70. The number of methoxy groups -OCH3 is 1. The Morgan fingerprint density at radius 1 is 1.16 bits per heavy atom. The molecule has 0 aliphatic rings. The third kappa shape index (κ3) is 3.07. The highest BCUT2D eigenvalue weighted by atomic mass is 79.9. The first-order chi connectivity index (χ1) is 9.26. The van der Waals surface area contributed by atoms with E-state index in [1.807, 2.05) is 54.6 Å². The minimum atomic E-state index is -0.203. The van der Waals surface area contributed by atoms with Gasteiger partial charge in [0, 0.05) is 6.07 Å². The number of nitriles is 1. The number of hydrogen-bond acceptors (Lipinski definition) is 3. The molecular weight excluding hydrogens is 304 g/mol. The molecule has 1 unspecified atom stereocenters. The van der Waals surface area contributed by atoms with Crippen molar-refractivity contribution in [1.29, 1.82) is 5.26 Å². The predicted molar refractivity (Wildman–Crippen MR) is 79.2 cm³/mol. The van der Waals surface area contributed by atoms with E-state index < -0.39 is 0 Å². The largest absolute Gasteiger partial charge is 0.497 e. The maximum absolute atomic E-state index is 9.38. The van der Waals surface area contributed by atoms with Crippen LogP contribution in [0.5, 0.6) is 5.75 Å². The average Bonchev–Trinajstić information content (AvgIpc) is 2.49. The second kappa shape index (κ2) is 6.26. The summed E-state index contributed by atoms with van der Waals surface area (Å²) in [4.78, 5) is 1.39. The van der Waals surface area contributed by atoms with E-state index in [1.54, 1.807) is 12.0 Å². The second-order valence-corrected chi connectivity index (χ2v) is 4.79. The first kappa shape index (κ1) is 13.4. The van der Waals surface area contributed by atoms with Crippen LogP contribution in [0.15, 0.2) is 54.6 Å². The van der Waals surface area contributed by atoms with Gasteiger partial charge in [0.25, 0.3) is 0 Å². The van der Waals surface area contributed by atoms with Crippen molar-refractivity contribution in [3.05, 3.63) is 60.2 Å². The minimum Gasteiger partial charge on any atom is -0.497 e. The molecule has 4 heteroatoms. The topological polar surface area (TPSA) is 36.3 Å². The Labute approximate surface area is 121 Å². The zero-order valence-corrected chi connectivity index (χ0v) is 12.0. The van der Waals surface area contributed by atoms with Crippen LogP contribution in [0.1, 0.15) is 10.5 Å². The summed E-state index contributed by atoms with van der Waals surface area (Å²) < 4.78 is 5.18. The Bertz CT molecular complexity index is 580. The quantitative estimate of drug-likeness (QED) is 0.369. The molecule has 2 aromatic rings. The number of halogens is 1. The Morgan fingerprint density at radius 3 is 2.53 bits per heavy atom. The van der Waals surface area contributed by atoms with Gasteiger partial charge in [-0.05, 0) is 17.7 Å². The van der Waals surface area contributed by atoms with Gasteiger partial charge in [-0.2, -0.15) is 5.26 Å². The maximum Gasteiger partial charge on any atom is 0.185 e. The van der Waals surface area contributed by atoms with Gasteiger partial charge in [-0.15, -0.1) is 0 Å². The highest BCUT2D eigenvalue weighted by Gasteiger charge is 2.17. The fraction of sp³-hybridized carbons (Fsp3) is 0.133.